The highest BCUT2D eigenvalue weighted by Crippen LogP contribution is 2.28. The molecular formula is C13H9ClN4. The van der Waals surface area contributed by atoms with Gasteiger partial charge < -0.3 is 5.73 Å². The number of nitrogens with zero attached hydrogens (tertiary/aromatic N) is 3. The zero-order valence-corrected chi connectivity index (χ0v) is 10.1. The first kappa shape index (κ1) is 10.9. The molecule has 0 spiro atoms. The zero-order valence-electron chi connectivity index (χ0n) is 9.34. The van der Waals surface area contributed by atoms with Crippen LogP contribution in [0.5, 0.6) is 0 Å². The Bertz CT molecular complexity index is 727. The van der Waals surface area contributed by atoms with Gasteiger partial charge in [0, 0.05) is 16.8 Å². The molecule has 3 aromatic rings. The van der Waals surface area contributed by atoms with E-state index in [-0.39, 0.29) is 0 Å². The predicted octanol–water partition coefficient (Wildman–Crippen LogP) is 2.93. The Morgan fingerprint density at radius 1 is 1.00 bits per heavy atom. The lowest BCUT2D eigenvalue weighted by Gasteiger charge is -2.06. The summed E-state index contributed by atoms with van der Waals surface area (Å²) in [5.74, 6) is 0.379. The second-order valence-corrected chi connectivity index (χ2v) is 4.26. The molecular weight excluding hydrogens is 248 g/mol. The van der Waals surface area contributed by atoms with Crippen molar-refractivity contribution < 1.29 is 0 Å². The molecule has 4 nitrogen and oxygen atoms in total. The van der Waals surface area contributed by atoms with Crippen molar-refractivity contribution >= 4 is 28.5 Å². The van der Waals surface area contributed by atoms with Gasteiger partial charge in [-0.05, 0) is 23.8 Å². The average Bonchev–Trinajstić information content (AvgIpc) is 2.39. The van der Waals surface area contributed by atoms with Gasteiger partial charge in [0.15, 0.2) is 5.82 Å². The highest BCUT2D eigenvalue weighted by Gasteiger charge is 2.08. The summed E-state index contributed by atoms with van der Waals surface area (Å²) >= 11 is 6.00. The molecule has 0 radical (unpaired) electrons. The molecule has 88 valence electrons. The molecule has 0 amide bonds. The summed E-state index contributed by atoms with van der Waals surface area (Å²) in [6.45, 7) is 0. The Labute approximate surface area is 108 Å². The highest BCUT2D eigenvalue weighted by atomic mass is 35.5. The third kappa shape index (κ3) is 1.76. The number of nitrogens with two attached hydrogens (primary N) is 1. The van der Waals surface area contributed by atoms with Crippen molar-refractivity contribution in [2.45, 2.75) is 0 Å². The number of halogens is 1. The first-order valence-corrected chi connectivity index (χ1v) is 5.74. The van der Waals surface area contributed by atoms with E-state index in [0.717, 1.165) is 16.6 Å². The van der Waals surface area contributed by atoms with Crippen molar-refractivity contribution in [3.05, 3.63) is 47.9 Å². The molecule has 1 aromatic carbocycles. The third-order valence-corrected chi connectivity index (χ3v) is 2.92. The molecule has 0 fully saturated rings. The van der Waals surface area contributed by atoms with Crippen molar-refractivity contribution in [3.8, 4) is 11.1 Å². The Morgan fingerprint density at radius 3 is 2.72 bits per heavy atom. The van der Waals surface area contributed by atoms with Gasteiger partial charge in [-0.1, -0.05) is 23.7 Å². The average molecular weight is 257 g/mol. The van der Waals surface area contributed by atoms with Crippen LogP contribution in [0.4, 0.5) is 5.82 Å². The van der Waals surface area contributed by atoms with Gasteiger partial charge in [0.05, 0.1) is 0 Å². The molecule has 2 heterocycles. The molecule has 3 rings (SSSR count). The smallest absolute Gasteiger partial charge is 0.153 e. The molecule has 0 bridgehead atoms. The molecule has 2 aromatic heterocycles. The maximum atomic E-state index is 6.00. The Hall–Kier alpha value is -2.20. The highest BCUT2D eigenvalue weighted by molar-refractivity contribution is 6.30. The normalized spacial score (nSPS) is 10.7. The van der Waals surface area contributed by atoms with Crippen LogP contribution in [-0.4, -0.2) is 15.0 Å². The van der Waals surface area contributed by atoms with Crippen LogP contribution in [0.15, 0.2) is 42.9 Å². The summed E-state index contributed by atoms with van der Waals surface area (Å²) in [5, 5.41) is 0.680. The number of benzene rings is 1. The fourth-order valence-electron chi connectivity index (χ4n) is 1.87. The summed E-state index contributed by atoms with van der Waals surface area (Å²) in [4.78, 5) is 12.4. The maximum absolute atomic E-state index is 6.00. The summed E-state index contributed by atoms with van der Waals surface area (Å²) < 4.78 is 0. The Balaban J connectivity index is 2.33. The minimum Gasteiger partial charge on any atom is -0.382 e. The van der Waals surface area contributed by atoms with E-state index in [4.69, 9.17) is 17.3 Å². The number of anilines is 1. The second kappa shape index (κ2) is 4.23. The van der Waals surface area contributed by atoms with E-state index in [2.05, 4.69) is 15.0 Å². The van der Waals surface area contributed by atoms with E-state index in [0.29, 0.717) is 16.4 Å². The summed E-state index contributed by atoms with van der Waals surface area (Å²) in [6.07, 6.45) is 3.13. The van der Waals surface area contributed by atoms with Crippen LogP contribution >= 0.6 is 11.6 Å². The van der Waals surface area contributed by atoms with Gasteiger partial charge in [-0.25, -0.2) is 9.97 Å². The topological polar surface area (TPSA) is 64.7 Å². The van der Waals surface area contributed by atoms with Gasteiger partial charge in [-0.15, -0.1) is 0 Å². The lowest BCUT2D eigenvalue weighted by molar-refractivity contribution is 1.21. The number of hydrogen-bond acceptors (Lipinski definition) is 4. The van der Waals surface area contributed by atoms with Crippen molar-refractivity contribution in [2.24, 2.45) is 0 Å². The van der Waals surface area contributed by atoms with E-state index >= 15 is 0 Å². The standard InChI is InChI=1S/C13H9ClN4/c14-9-3-1-2-8(6-9)10-4-5-16-12-11(10)17-7-18-13(12)15/h1-7H,(H2,15,17,18). The molecule has 0 aliphatic rings. The third-order valence-electron chi connectivity index (χ3n) is 2.69. The number of nitrogen functional groups attached to an aromatic ring is 1. The van der Waals surface area contributed by atoms with Crippen LogP contribution in [0.2, 0.25) is 5.02 Å². The Morgan fingerprint density at radius 2 is 1.89 bits per heavy atom. The van der Waals surface area contributed by atoms with Crippen LogP contribution < -0.4 is 5.73 Å². The summed E-state index contributed by atoms with van der Waals surface area (Å²) in [7, 11) is 0. The van der Waals surface area contributed by atoms with Crippen LogP contribution in [0.25, 0.3) is 22.2 Å². The minimum atomic E-state index is 0.379. The number of pyridine rings is 1. The second-order valence-electron chi connectivity index (χ2n) is 3.82. The van der Waals surface area contributed by atoms with Gasteiger partial charge in [-0.3, -0.25) is 4.98 Å². The number of fused-ring (bicyclic) bond motifs is 1. The van der Waals surface area contributed by atoms with E-state index in [1.165, 1.54) is 6.33 Å². The maximum Gasteiger partial charge on any atom is 0.153 e. The van der Waals surface area contributed by atoms with Crippen molar-refractivity contribution in [3.63, 3.8) is 0 Å². The van der Waals surface area contributed by atoms with Gasteiger partial charge in [0.1, 0.15) is 17.4 Å². The van der Waals surface area contributed by atoms with E-state index < -0.39 is 0 Å². The zero-order chi connectivity index (χ0) is 12.5. The fraction of sp³-hybridized carbons (Fsp3) is 0. The van der Waals surface area contributed by atoms with Crippen LogP contribution in [-0.2, 0) is 0 Å². The van der Waals surface area contributed by atoms with Crippen LogP contribution in [0.1, 0.15) is 0 Å². The van der Waals surface area contributed by atoms with Crippen LogP contribution in [0, 0.1) is 0 Å². The summed E-state index contributed by atoms with van der Waals surface area (Å²) in [5.41, 5.74) is 9.05. The van der Waals surface area contributed by atoms with Gasteiger partial charge in [0.2, 0.25) is 0 Å². The molecule has 18 heavy (non-hydrogen) atoms. The molecule has 0 saturated heterocycles. The predicted molar refractivity (Wildman–Crippen MR) is 72.2 cm³/mol. The van der Waals surface area contributed by atoms with Crippen molar-refractivity contribution in [1.29, 1.82) is 0 Å². The number of aromatic nitrogens is 3. The molecule has 0 unspecified atom stereocenters. The van der Waals surface area contributed by atoms with E-state index in [1.54, 1.807) is 6.20 Å². The van der Waals surface area contributed by atoms with Crippen molar-refractivity contribution in [2.75, 3.05) is 5.73 Å². The van der Waals surface area contributed by atoms with Gasteiger partial charge in [0.25, 0.3) is 0 Å². The van der Waals surface area contributed by atoms with E-state index in [1.807, 2.05) is 30.3 Å². The van der Waals surface area contributed by atoms with E-state index in [9.17, 15) is 0 Å². The van der Waals surface area contributed by atoms with Crippen LogP contribution in [0.3, 0.4) is 0 Å². The fourth-order valence-corrected chi connectivity index (χ4v) is 2.06. The first-order chi connectivity index (χ1) is 8.75. The largest absolute Gasteiger partial charge is 0.382 e. The van der Waals surface area contributed by atoms with Crippen molar-refractivity contribution in [1.82, 2.24) is 15.0 Å². The molecule has 5 heteroatoms. The minimum absolute atomic E-state index is 0.379. The quantitative estimate of drug-likeness (QED) is 0.727. The molecule has 0 aliphatic carbocycles. The Kier molecular flexibility index (Phi) is 2.57. The molecule has 0 aliphatic heterocycles. The molecule has 0 saturated carbocycles. The first-order valence-electron chi connectivity index (χ1n) is 5.37. The summed E-state index contributed by atoms with van der Waals surface area (Å²) in [6, 6.07) is 9.47. The SMILES string of the molecule is Nc1ncnc2c(-c3cccc(Cl)c3)ccnc12. The van der Waals surface area contributed by atoms with Gasteiger partial charge >= 0.3 is 0 Å². The number of rotatable bonds is 1. The lowest BCUT2D eigenvalue weighted by Crippen LogP contribution is -1.96. The van der Waals surface area contributed by atoms with Gasteiger partial charge in [-0.2, -0.15) is 0 Å². The number of hydrogen-bond donors (Lipinski definition) is 1. The lowest BCUT2D eigenvalue weighted by atomic mass is 10.1. The monoisotopic (exact) mass is 256 g/mol. The molecule has 2 N–H and O–H groups in total. The molecule has 0 atom stereocenters.